The molecule has 142 valence electrons. The summed E-state index contributed by atoms with van der Waals surface area (Å²) in [5, 5.41) is 5.35. The first-order valence-corrected chi connectivity index (χ1v) is 8.67. The number of halogens is 4. The fraction of sp³-hybridized carbons (Fsp3) is 0.562. The van der Waals surface area contributed by atoms with Crippen molar-refractivity contribution in [2.45, 2.75) is 31.5 Å². The normalized spacial score (nSPS) is 20.4. The molecule has 2 heterocycles. The van der Waals surface area contributed by atoms with Gasteiger partial charge in [0.05, 0.1) is 16.5 Å². The molecular formula is C16H18ClF3N4O2. The van der Waals surface area contributed by atoms with Gasteiger partial charge in [0.25, 0.3) is 0 Å². The van der Waals surface area contributed by atoms with Gasteiger partial charge in [-0.1, -0.05) is 11.6 Å². The van der Waals surface area contributed by atoms with Crippen LogP contribution in [0.3, 0.4) is 0 Å². The highest BCUT2D eigenvalue weighted by Crippen LogP contribution is 2.33. The van der Waals surface area contributed by atoms with Crippen molar-refractivity contribution in [2.75, 3.05) is 25.0 Å². The molecule has 1 saturated heterocycles. The second-order valence-corrected chi connectivity index (χ2v) is 6.86. The van der Waals surface area contributed by atoms with E-state index in [1.54, 1.807) is 4.90 Å². The van der Waals surface area contributed by atoms with Crippen LogP contribution in [0.2, 0.25) is 5.02 Å². The van der Waals surface area contributed by atoms with Crippen LogP contribution >= 0.6 is 11.6 Å². The number of carbonyl (C=O) groups excluding carboxylic acids is 2. The number of nitrogens with one attached hydrogen (secondary N) is 2. The molecule has 10 heteroatoms. The quantitative estimate of drug-likeness (QED) is 0.731. The van der Waals surface area contributed by atoms with Crippen LogP contribution in [0.4, 0.5) is 19.0 Å². The molecule has 3 rings (SSSR count). The number of hydrogen-bond donors (Lipinski definition) is 2. The number of pyridine rings is 1. The number of rotatable bonds is 6. The van der Waals surface area contributed by atoms with E-state index in [4.69, 9.17) is 11.6 Å². The van der Waals surface area contributed by atoms with Crippen molar-refractivity contribution in [3.8, 4) is 0 Å². The van der Waals surface area contributed by atoms with Gasteiger partial charge in [0, 0.05) is 38.3 Å². The second-order valence-electron chi connectivity index (χ2n) is 6.45. The first kappa shape index (κ1) is 18.8. The average molecular weight is 391 g/mol. The van der Waals surface area contributed by atoms with E-state index >= 15 is 0 Å². The molecule has 1 unspecified atom stereocenters. The zero-order valence-electron chi connectivity index (χ0n) is 13.8. The van der Waals surface area contributed by atoms with Crippen molar-refractivity contribution >= 4 is 29.2 Å². The maximum atomic E-state index is 12.6. The van der Waals surface area contributed by atoms with E-state index in [-0.39, 0.29) is 48.1 Å². The van der Waals surface area contributed by atoms with Gasteiger partial charge in [-0.3, -0.25) is 9.59 Å². The van der Waals surface area contributed by atoms with Gasteiger partial charge in [0.1, 0.15) is 5.82 Å². The standard InChI is InChI=1S/C16H18ClF3N4O2/c17-12-6-10(16(18,19)20)7-23-14(12)21-3-4-22-15(26)9-5-13(25)24(8-9)11-1-2-11/h6-7,9,11H,1-5,8H2,(H,21,23)(H,22,26). The highest BCUT2D eigenvalue weighted by atomic mass is 35.5. The minimum Gasteiger partial charge on any atom is -0.367 e. The van der Waals surface area contributed by atoms with Crippen LogP contribution in [-0.2, 0) is 15.8 Å². The van der Waals surface area contributed by atoms with Gasteiger partial charge in [-0.25, -0.2) is 4.98 Å². The largest absolute Gasteiger partial charge is 0.417 e. The molecule has 1 aromatic rings. The van der Waals surface area contributed by atoms with Gasteiger partial charge in [-0.15, -0.1) is 0 Å². The van der Waals surface area contributed by atoms with E-state index < -0.39 is 11.7 Å². The number of amides is 2. The second kappa shape index (κ2) is 7.30. The van der Waals surface area contributed by atoms with Gasteiger partial charge in [-0.05, 0) is 18.9 Å². The van der Waals surface area contributed by atoms with Crippen molar-refractivity contribution < 1.29 is 22.8 Å². The lowest BCUT2D eigenvalue weighted by molar-refractivity contribution is -0.137. The molecule has 26 heavy (non-hydrogen) atoms. The van der Waals surface area contributed by atoms with E-state index in [1.807, 2.05) is 0 Å². The molecule has 1 aliphatic heterocycles. The first-order chi connectivity index (χ1) is 12.3. The smallest absolute Gasteiger partial charge is 0.367 e. The third-order valence-corrected chi connectivity index (χ3v) is 4.69. The molecule has 1 aliphatic carbocycles. The zero-order chi connectivity index (χ0) is 18.9. The molecule has 2 N–H and O–H groups in total. The molecule has 2 amide bonds. The van der Waals surface area contributed by atoms with Gasteiger partial charge in [0.15, 0.2) is 0 Å². The summed E-state index contributed by atoms with van der Waals surface area (Å²) in [5.41, 5.74) is -0.924. The van der Waals surface area contributed by atoms with Crippen LogP contribution in [0.25, 0.3) is 0 Å². The predicted octanol–water partition coefficient (Wildman–Crippen LogP) is 2.29. The molecule has 1 aromatic heterocycles. The molecule has 0 aromatic carbocycles. The molecule has 1 atom stereocenters. The number of alkyl halides is 3. The van der Waals surface area contributed by atoms with E-state index in [0.717, 1.165) is 18.9 Å². The van der Waals surface area contributed by atoms with Crippen LogP contribution in [0.15, 0.2) is 12.3 Å². The molecular weight excluding hydrogens is 373 g/mol. The van der Waals surface area contributed by atoms with Crippen LogP contribution in [0, 0.1) is 5.92 Å². The number of carbonyl (C=O) groups is 2. The van der Waals surface area contributed by atoms with Crippen LogP contribution in [0.1, 0.15) is 24.8 Å². The van der Waals surface area contributed by atoms with Gasteiger partial charge < -0.3 is 15.5 Å². The molecule has 6 nitrogen and oxygen atoms in total. The van der Waals surface area contributed by atoms with Crippen molar-refractivity contribution in [1.29, 1.82) is 0 Å². The number of anilines is 1. The van der Waals surface area contributed by atoms with E-state index in [0.29, 0.717) is 18.8 Å². The number of hydrogen-bond acceptors (Lipinski definition) is 4. The summed E-state index contributed by atoms with van der Waals surface area (Å²) in [6.07, 6.45) is -1.57. The molecule has 0 radical (unpaired) electrons. The Morgan fingerprint density at radius 3 is 2.69 bits per heavy atom. The van der Waals surface area contributed by atoms with Crippen molar-refractivity contribution in [3.63, 3.8) is 0 Å². The summed E-state index contributed by atoms with van der Waals surface area (Å²) in [6.45, 7) is 0.942. The zero-order valence-corrected chi connectivity index (χ0v) is 14.5. The molecule has 0 spiro atoms. The Morgan fingerprint density at radius 2 is 2.08 bits per heavy atom. The number of nitrogens with zero attached hydrogens (tertiary/aromatic N) is 2. The summed E-state index contributed by atoms with van der Waals surface area (Å²) in [6, 6.07) is 1.10. The molecule has 2 fully saturated rings. The van der Waals surface area contributed by atoms with Gasteiger partial charge >= 0.3 is 6.18 Å². The molecule has 1 saturated carbocycles. The highest BCUT2D eigenvalue weighted by molar-refractivity contribution is 6.32. The summed E-state index contributed by atoms with van der Waals surface area (Å²) in [7, 11) is 0. The van der Waals surface area contributed by atoms with Crippen molar-refractivity contribution in [3.05, 3.63) is 22.8 Å². The Balaban J connectivity index is 1.43. The van der Waals surface area contributed by atoms with Crippen LogP contribution < -0.4 is 10.6 Å². The minimum atomic E-state index is -4.50. The number of aromatic nitrogens is 1. The Labute approximate surface area is 153 Å². The van der Waals surface area contributed by atoms with Crippen LogP contribution in [-0.4, -0.2) is 47.4 Å². The maximum Gasteiger partial charge on any atom is 0.417 e. The molecule has 2 aliphatic rings. The maximum absolute atomic E-state index is 12.6. The number of likely N-dealkylation sites (tertiary alicyclic amines) is 1. The average Bonchev–Trinajstić information content (AvgIpc) is 3.33. The summed E-state index contributed by atoms with van der Waals surface area (Å²) in [4.78, 5) is 29.4. The van der Waals surface area contributed by atoms with Gasteiger partial charge in [-0.2, -0.15) is 13.2 Å². The lowest BCUT2D eigenvalue weighted by Gasteiger charge is -2.15. The fourth-order valence-electron chi connectivity index (χ4n) is 2.88. The Hall–Kier alpha value is -2.03. The summed E-state index contributed by atoms with van der Waals surface area (Å²) < 4.78 is 37.7. The Kier molecular flexibility index (Phi) is 5.27. The van der Waals surface area contributed by atoms with Crippen molar-refractivity contribution in [1.82, 2.24) is 15.2 Å². The third-order valence-electron chi connectivity index (χ3n) is 4.40. The predicted molar refractivity (Wildman–Crippen MR) is 88.6 cm³/mol. The lowest BCUT2D eigenvalue weighted by Crippen LogP contribution is -2.36. The summed E-state index contributed by atoms with van der Waals surface area (Å²) in [5.74, 6) is -0.415. The lowest BCUT2D eigenvalue weighted by atomic mass is 10.1. The Morgan fingerprint density at radius 1 is 1.35 bits per heavy atom. The monoisotopic (exact) mass is 390 g/mol. The van der Waals surface area contributed by atoms with E-state index in [9.17, 15) is 22.8 Å². The third kappa shape index (κ3) is 4.38. The Bertz CT molecular complexity index is 709. The SMILES string of the molecule is O=C(NCCNc1ncc(C(F)(F)F)cc1Cl)C1CC(=O)N(C2CC2)C1. The fourth-order valence-corrected chi connectivity index (χ4v) is 3.11. The summed E-state index contributed by atoms with van der Waals surface area (Å²) >= 11 is 5.79. The van der Waals surface area contributed by atoms with Gasteiger partial charge in [0.2, 0.25) is 11.8 Å². The topological polar surface area (TPSA) is 74.3 Å². The van der Waals surface area contributed by atoms with E-state index in [1.165, 1.54) is 0 Å². The first-order valence-electron chi connectivity index (χ1n) is 8.29. The van der Waals surface area contributed by atoms with Crippen LogP contribution in [0.5, 0.6) is 0 Å². The molecule has 0 bridgehead atoms. The van der Waals surface area contributed by atoms with Crippen molar-refractivity contribution in [2.24, 2.45) is 5.92 Å². The van der Waals surface area contributed by atoms with E-state index in [2.05, 4.69) is 15.6 Å². The highest BCUT2D eigenvalue weighted by Gasteiger charge is 2.41. The minimum absolute atomic E-state index is 0.0199.